The maximum atomic E-state index is 11.1. The third-order valence-electron chi connectivity index (χ3n) is 5.63. The van der Waals surface area contributed by atoms with Crippen LogP contribution in [0.2, 0.25) is 5.02 Å². The first-order valence-electron chi connectivity index (χ1n) is 11.4. The van der Waals surface area contributed by atoms with Crippen molar-refractivity contribution in [3.8, 4) is 5.88 Å². The van der Waals surface area contributed by atoms with Gasteiger partial charge in [-0.2, -0.15) is 13.0 Å². The molecule has 2 aliphatic rings. The molecule has 1 aromatic carbocycles. The number of ether oxygens (including phenoxy) is 1. The number of fused-ring (bicyclic) bond motifs is 2. The molecule has 2 aromatic rings. The number of rotatable bonds is 9. The number of thioether (sulfide) groups is 1. The molecule has 0 amide bonds. The van der Waals surface area contributed by atoms with Crippen LogP contribution >= 0.6 is 46.3 Å². The highest BCUT2D eigenvalue weighted by Gasteiger charge is 2.30. The lowest BCUT2D eigenvalue weighted by Gasteiger charge is -2.18. The van der Waals surface area contributed by atoms with Gasteiger partial charge in [0, 0.05) is 29.0 Å². The van der Waals surface area contributed by atoms with Crippen LogP contribution in [-0.4, -0.2) is 36.3 Å². The fourth-order valence-electron chi connectivity index (χ4n) is 3.92. The summed E-state index contributed by atoms with van der Waals surface area (Å²) >= 11 is 15.8. The van der Waals surface area contributed by atoms with Crippen LogP contribution in [0, 0.1) is 0 Å². The third kappa shape index (κ3) is 6.86. The molecule has 1 unspecified atom stereocenters. The van der Waals surface area contributed by atoms with Gasteiger partial charge >= 0.3 is 5.88 Å². The van der Waals surface area contributed by atoms with E-state index in [1.807, 2.05) is 22.8 Å². The van der Waals surface area contributed by atoms with Gasteiger partial charge in [0.1, 0.15) is 4.88 Å². The number of unbranched alkanes of at least 4 members (excludes halogenated alkanes) is 1. The van der Waals surface area contributed by atoms with Crippen molar-refractivity contribution in [2.24, 2.45) is 0 Å². The molecule has 36 heavy (non-hydrogen) atoms. The van der Waals surface area contributed by atoms with E-state index in [1.54, 1.807) is 29.2 Å². The molecule has 2 aliphatic heterocycles. The summed E-state index contributed by atoms with van der Waals surface area (Å²) < 4.78 is 39.2. The summed E-state index contributed by atoms with van der Waals surface area (Å²) in [6.45, 7) is 5.63. The quantitative estimate of drug-likeness (QED) is 0.156. The van der Waals surface area contributed by atoms with E-state index in [4.69, 9.17) is 32.5 Å². The molecule has 3 heterocycles. The third-order valence-corrected chi connectivity index (χ3v) is 9.09. The summed E-state index contributed by atoms with van der Waals surface area (Å²) in [6, 6.07) is 5.98. The Kier molecular flexibility index (Phi) is 9.95. The fourth-order valence-corrected chi connectivity index (χ4v) is 7.11. The minimum Gasteiger partial charge on any atom is -0.870 e. The molecule has 0 bridgehead atoms. The van der Waals surface area contributed by atoms with E-state index in [2.05, 4.69) is 37.0 Å². The number of hydrogen-bond acceptors (Lipinski definition) is 7. The maximum absolute atomic E-state index is 11.1. The molecule has 0 spiro atoms. The molecule has 0 fully saturated rings. The van der Waals surface area contributed by atoms with Gasteiger partial charge in [0.25, 0.3) is 15.1 Å². The fraction of sp³-hybridized carbons (Fsp3) is 0.375. The molecule has 0 radical (unpaired) electrons. The Hall–Kier alpha value is -1.53. The smallest absolute Gasteiger partial charge is 0.388 e. The number of alkyl halides is 1. The molecule has 4 rings (SSSR count). The van der Waals surface area contributed by atoms with Crippen molar-refractivity contribution in [1.82, 2.24) is 0 Å². The van der Waals surface area contributed by atoms with Gasteiger partial charge in [-0.3, -0.25) is 4.55 Å². The largest absolute Gasteiger partial charge is 0.870 e. The highest BCUT2D eigenvalue weighted by Crippen LogP contribution is 2.47. The van der Waals surface area contributed by atoms with E-state index < -0.39 is 15.7 Å². The summed E-state index contributed by atoms with van der Waals surface area (Å²) in [7, 11) is -3.98. The van der Waals surface area contributed by atoms with E-state index in [1.165, 1.54) is 4.90 Å². The number of hydrogen-bond donors (Lipinski definition) is 1. The Labute approximate surface area is 230 Å². The van der Waals surface area contributed by atoms with Crippen molar-refractivity contribution in [2.75, 3.05) is 17.2 Å². The van der Waals surface area contributed by atoms with Crippen LogP contribution in [-0.2, 0) is 16.7 Å². The SMILES string of the molecule is CCC(=Cc1sc2c([n+]1CCCCS(=O)(=O)O)OC(Cl)C=C2)C=C1Sc2ccc(Cl)cc2N1CC.[OH-]. The topological polar surface area (TPSA) is 101 Å². The normalized spacial score (nSPS) is 18.1. The first-order chi connectivity index (χ1) is 16.7. The second-order valence-corrected chi connectivity index (χ2v) is 12.7. The van der Waals surface area contributed by atoms with Crippen LogP contribution in [0.5, 0.6) is 5.88 Å². The Balaban J connectivity index is 0.00000361. The Morgan fingerprint density at radius 2 is 2.08 bits per heavy atom. The molecular weight excluding hydrogens is 563 g/mol. The van der Waals surface area contributed by atoms with E-state index in [9.17, 15) is 8.42 Å². The molecular formula is C24H28Cl2N2O5S3. The van der Waals surface area contributed by atoms with Gasteiger partial charge in [0.2, 0.25) is 0 Å². The number of anilines is 1. The Morgan fingerprint density at radius 1 is 1.31 bits per heavy atom. The van der Waals surface area contributed by atoms with E-state index in [0.29, 0.717) is 25.3 Å². The monoisotopic (exact) mass is 590 g/mol. The van der Waals surface area contributed by atoms with Crippen molar-refractivity contribution in [1.29, 1.82) is 0 Å². The van der Waals surface area contributed by atoms with E-state index in [-0.39, 0.29) is 11.2 Å². The highest BCUT2D eigenvalue weighted by molar-refractivity contribution is 8.03. The second kappa shape index (κ2) is 12.3. The number of halogens is 2. The maximum Gasteiger partial charge on any atom is 0.388 e. The van der Waals surface area contributed by atoms with Crippen molar-refractivity contribution in [3.05, 3.63) is 55.9 Å². The average molecular weight is 592 g/mol. The first kappa shape index (κ1) is 29.0. The van der Waals surface area contributed by atoms with Gasteiger partial charge in [-0.1, -0.05) is 53.2 Å². The number of aromatic nitrogens is 1. The van der Waals surface area contributed by atoms with Crippen LogP contribution in [0.15, 0.2) is 45.8 Å². The Morgan fingerprint density at radius 3 is 2.78 bits per heavy atom. The van der Waals surface area contributed by atoms with E-state index >= 15 is 0 Å². The predicted octanol–water partition coefficient (Wildman–Crippen LogP) is 6.42. The van der Waals surface area contributed by atoms with Crippen LogP contribution in [0.25, 0.3) is 12.2 Å². The van der Waals surface area contributed by atoms with Gasteiger partial charge in [-0.25, -0.2) is 0 Å². The van der Waals surface area contributed by atoms with Crippen molar-refractivity contribution < 1.29 is 27.8 Å². The summed E-state index contributed by atoms with van der Waals surface area (Å²) in [5, 5.41) is 2.87. The van der Waals surface area contributed by atoms with Gasteiger partial charge < -0.3 is 15.1 Å². The zero-order valence-corrected chi connectivity index (χ0v) is 23.8. The molecule has 196 valence electrons. The molecule has 0 saturated carbocycles. The summed E-state index contributed by atoms with van der Waals surface area (Å²) in [6.07, 6.45) is 9.89. The molecule has 1 aromatic heterocycles. The van der Waals surface area contributed by atoms with Crippen molar-refractivity contribution in [3.63, 3.8) is 0 Å². The molecule has 7 nitrogen and oxygen atoms in total. The molecule has 1 atom stereocenters. The number of thiazole rings is 1. The number of allylic oxidation sites excluding steroid dienone is 2. The van der Waals surface area contributed by atoms with Gasteiger partial charge in [0.05, 0.1) is 16.5 Å². The van der Waals surface area contributed by atoms with Crippen molar-refractivity contribution >= 4 is 74.3 Å². The van der Waals surface area contributed by atoms with Gasteiger partial charge in [0.15, 0.2) is 12.1 Å². The number of benzene rings is 1. The minimum atomic E-state index is -3.98. The zero-order chi connectivity index (χ0) is 25.2. The molecule has 2 N–H and O–H groups in total. The van der Waals surface area contributed by atoms with Crippen LogP contribution < -0.4 is 14.2 Å². The standard InChI is InChI=1S/C24H26Cl2N2O4S3.H2O/c1-3-16(13-22-27(4-2)18-15-17(25)7-8-19(18)33-22)14-23-28(11-5-6-12-35(29,30)31)24-20(34-23)9-10-21(26)32-24;/h7-10,13-15,21H,3-6,11-12H2,1-2H3;1H2. The van der Waals surface area contributed by atoms with E-state index in [0.717, 1.165) is 44.2 Å². The summed E-state index contributed by atoms with van der Waals surface area (Å²) in [5.41, 5.74) is 1.73. The zero-order valence-electron chi connectivity index (χ0n) is 19.9. The second-order valence-electron chi connectivity index (χ2n) is 8.10. The minimum absolute atomic E-state index is 0. The average Bonchev–Trinajstić information content (AvgIpc) is 3.31. The van der Waals surface area contributed by atoms with Gasteiger partial charge in [-0.15, -0.1) is 0 Å². The summed E-state index contributed by atoms with van der Waals surface area (Å²) in [5.74, 6) is 0.427. The lowest BCUT2D eigenvalue weighted by atomic mass is 10.2. The molecule has 0 saturated heterocycles. The predicted molar refractivity (Wildman–Crippen MR) is 148 cm³/mol. The molecule has 0 aliphatic carbocycles. The van der Waals surface area contributed by atoms with Crippen molar-refractivity contribution in [2.45, 2.75) is 50.1 Å². The first-order valence-corrected chi connectivity index (χ1v) is 15.4. The summed E-state index contributed by atoms with van der Waals surface area (Å²) in [4.78, 5) is 4.42. The lowest BCUT2D eigenvalue weighted by molar-refractivity contribution is -0.699. The van der Waals surface area contributed by atoms with Crippen LogP contribution in [0.1, 0.15) is 43.0 Å². The Bertz CT molecular complexity index is 1310. The highest BCUT2D eigenvalue weighted by atomic mass is 35.5. The molecule has 12 heteroatoms. The van der Waals surface area contributed by atoms with Crippen LogP contribution in [0.3, 0.4) is 0 Å². The van der Waals surface area contributed by atoms with Crippen LogP contribution in [0.4, 0.5) is 5.69 Å². The number of nitrogens with zero attached hydrogens (tertiary/aromatic N) is 2. The lowest BCUT2D eigenvalue weighted by Crippen LogP contribution is -2.38. The van der Waals surface area contributed by atoms with Gasteiger partial charge in [-0.05, 0) is 61.8 Å².